The fraction of sp³-hybridized carbons (Fsp3) is 0.333. The lowest BCUT2D eigenvalue weighted by Crippen LogP contribution is -2.34. The molecule has 0 amide bonds. The van der Waals surface area contributed by atoms with Gasteiger partial charge in [0.05, 0.1) is 4.90 Å². The summed E-state index contributed by atoms with van der Waals surface area (Å²) in [6.45, 7) is 4.04. The number of sulfonamides is 1. The van der Waals surface area contributed by atoms with Crippen molar-refractivity contribution in [1.82, 2.24) is 4.72 Å². The summed E-state index contributed by atoms with van der Waals surface area (Å²) in [5.74, 6) is 6.22. The zero-order chi connectivity index (χ0) is 18.1. The molecule has 3 nitrogen and oxygen atoms in total. The van der Waals surface area contributed by atoms with Gasteiger partial charge in [0.15, 0.2) is 0 Å². The summed E-state index contributed by atoms with van der Waals surface area (Å²) in [6, 6.07) is 16.5. The van der Waals surface area contributed by atoms with Gasteiger partial charge in [-0.15, -0.1) is 0 Å². The Bertz CT molecular complexity index is 816. The van der Waals surface area contributed by atoms with Gasteiger partial charge < -0.3 is 0 Å². The minimum atomic E-state index is -3.52. The second-order valence-corrected chi connectivity index (χ2v) is 7.86. The van der Waals surface area contributed by atoms with Gasteiger partial charge in [0.2, 0.25) is 10.0 Å². The van der Waals surface area contributed by atoms with Crippen molar-refractivity contribution in [2.75, 3.05) is 0 Å². The molecular weight excluding hydrogens is 330 g/mol. The number of unbranched alkanes of at least 4 members (excludes halogenated alkanes) is 1. The van der Waals surface area contributed by atoms with Crippen LogP contribution in [0.15, 0.2) is 59.5 Å². The number of benzene rings is 2. The number of nitrogens with one attached hydrogen (secondary N) is 1. The van der Waals surface area contributed by atoms with Crippen LogP contribution in [0.1, 0.15) is 43.7 Å². The van der Waals surface area contributed by atoms with Crippen LogP contribution in [-0.4, -0.2) is 14.5 Å². The number of hydrogen-bond donors (Lipinski definition) is 1. The molecule has 4 heteroatoms. The summed E-state index contributed by atoms with van der Waals surface area (Å²) in [6.07, 6.45) is 3.27. The van der Waals surface area contributed by atoms with Gasteiger partial charge in [0.1, 0.15) is 0 Å². The maximum atomic E-state index is 12.6. The first-order valence-corrected chi connectivity index (χ1v) is 10.1. The smallest absolute Gasteiger partial charge is 0.207 e. The lowest BCUT2D eigenvalue weighted by molar-refractivity contribution is 0.517. The van der Waals surface area contributed by atoms with Gasteiger partial charge in [0.25, 0.3) is 0 Å². The molecule has 0 saturated carbocycles. The second kappa shape index (κ2) is 9.41. The highest BCUT2D eigenvalue weighted by molar-refractivity contribution is 7.89. The minimum absolute atomic E-state index is 0.178. The molecule has 0 fully saturated rings. The monoisotopic (exact) mass is 355 g/mol. The highest BCUT2D eigenvalue weighted by Gasteiger charge is 2.19. The van der Waals surface area contributed by atoms with Gasteiger partial charge in [-0.1, -0.05) is 67.5 Å². The molecule has 0 heterocycles. The zero-order valence-corrected chi connectivity index (χ0v) is 15.6. The van der Waals surface area contributed by atoms with E-state index in [9.17, 15) is 8.42 Å². The third kappa shape index (κ3) is 6.38. The Morgan fingerprint density at radius 3 is 2.36 bits per heavy atom. The van der Waals surface area contributed by atoms with E-state index >= 15 is 0 Å². The molecule has 132 valence electrons. The number of hydrogen-bond acceptors (Lipinski definition) is 2. The predicted molar refractivity (Wildman–Crippen MR) is 103 cm³/mol. The lowest BCUT2D eigenvalue weighted by atomic mass is 10.1. The molecule has 2 aromatic carbocycles. The Kier molecular flexibility index (Phi) is 7.24. The molecule has 1 atom stereocenters. The molecule has 0 spiro atoms. The van der Waals surface area contributed by atoms with E-state index in [1.54, 1.807) is 12.1 Å². The molecule has 0 aliphatic heterocycles. The first-order chi connectivity index (χ1) is 12.0. The molecule has 0 aromatic heterocycles. The topological polar surface area (TPSA) is 46.2 Å². The zero-order valence-electron chi connectivity index (χ0n) is 14.8. The quantitative estimate of drug-likeness (QED) is 0.754. The van der Waals surface area contributed by atoms with Crippen molar-refractivity contribution in [3.05, 3.63) is 65.7 Å². The third-order valence-corrected chi connectivity index (χ3v) is 5.45. The van der Waals surface area contributed by atoms with Crippen LogP contribution in [0.2, 0.25) is 0 Å². The van der Waals surface area contributed by atoms with Crippen LogP contribution in [-0.2, 0) is 10.0 Å². The molecule has 25 heavy (non-hydrogen) atoms. The summed E-state index contributed by atoms with van der Waals surface area (Å²) in [5.41, 5.74) is 1.98. The van der Waals surface area contributed by atoms with E-state index in [4.69, 9.17) is 0 Å². The molecule has 0 aliphatic rings. The lowest BCUT2D eigenvalue weighted by Gasteiger charge is -2.16. The molecule has 0 saturated heterocycles. The summed E-state index contributed by atoms with van der Waals surface area (Å²) in [4.78, 5) is 0.301. The Morgan fingerprint density at radius 2 is 1.72 bits per heavy atom. The third-order valence-electron chi connectivity index (χ3n) is 3.91. The summed E-state index contributed by atoms with van der Waals surface area (Å²) >= 11 is 0. The molecule has 2 aromatic rings. The van der Waals surface area contributed by atoms with E-state index < -0.39 is 10.0 Å². The van der Waals surface area contributed by atoms with Crippen LogP contribution < -0.4 is 4.72 Å². The van der Waals surface area contributed by atoms with Crippen LogP contribution >= 0.6 is 0 Å². The fourth-order valence-electron chi connectivity index (χ4n) is 2.46. The molecule has 1 unspecified atom stereocenters. The van der Waals surface area contributed by atoms with Crippen molar-refractivity contribution in [2.24, 2.45) is 0 Å². The largest absolute Gasteiger partial charge is 0.240 e. The van der Waals surface area contributed by atoms with Crippen molar-refractivity contribution < 1.29 is 8.42 Å². The van der Waals surface area contributed by atoms with E-state index in [1.165, 1.54) is 0 Å². The highest BCUT2D eigenvalue weighted by Crippen LogP contribution is 2.13. The van der Waals surface area contributed by atoms with E-state index in [-0.39, 0.29) is 6.04 Å². The summed E-state index contributed by atoms with van der Waals surface area (Å²) < 4.78 is 28.0. The van der Waals surface area contributed by atoms with Crippen molar-refractivity contribution in [3.8, 4) is 11.8 Å². The van der Waals surface area contributed by atoms with Gasteiger partial charge in [0, 0.05) is 18.0 Å². The molecule has 1 N–H and O–H groups in total. The van der Waals surface area contributed by atoms with Crippen LogP contribution in [0.3, 0.4) is 0 Å². The molecule has 0 radical (unpaired) electrons. The number of aryl methyl sites for hydroxylation is 1. The van der Waals surface area contributed by atoms with E-state index in [2.05, 4.69) is 23.5 Å². The Hall–Kier alpha value is -2.09. The SMILES string of the molecule is CCCCC(CC#Cc1ccccc1)NS(=O)(=O)c1ccc(C)cc1. The van der Waals surface area contributed by atoms with Gasteiger partial charge in [-0.3, -0.25) is 0 Å². The Morgan fingerprint density at radius 1 is 1.04 bits per heavy atom. The minimum Gasteiger partial charge on any atom is -0.207 e. The maximum Gasteiger partial charge on any atom is 0.240 e. The van der Waals surface area contributed by atoms with Crippen LogP contribution in [0.4, 0.5) is 0 Å². The standard InChI is InChI=1S/C21H25NO2S/c1-3-4-12-20(13-8-11-19-9-6-5-7-10-19)22-25(23,24)21-16-14-18(2)15-17-21/h5-7,9-10,14-17,20,22H,3-4,12-13H2,1-2H3. The summed E-state index contributed by atoms with van der Waals surface area (Å²) in [7, 11) is -3.52. The first kappa shape index (κ1) is 19.2. The highest BCUT2D eigenvalue weighted by atomic mass is 32.2. The van der Waals surface area contributed by atoms with Gasteiger partial charge in [-0.2, -0.15) is 0 Å². The predicted octanol–water partition coefficient (Wildman–Crippen LogP) is 4.27. The molecule has 2 rings (SSSR count). The van der Waals surface area contributed by atoms with Crippen molar-refractivity contribution in [3.63, 3.8) is 0 Å². The van der Waals surface area contributed by atoms with Crippen molar-refractivity contribution >= 4 is 10.0 Å². The van der Waals surface area contributed by atoms with Gasteiger partial charge >= 0.3 is 0 Å². The Balaban J connectivity index is 2.09. The van der Waals surface area contributed by atoms with E-state index in [1.807, 2.05) is 49.4 Å². The van der Waals surface area contributed by atoms with Crippen LogP contribution in [0.5, 0.6) is 0 Å². The average Bonchev–Trinajstić information content (AvgIpc) is 2.60. The fourth-order valence-corrected chi connectivity index (χ4v) is 3.73. The summed E-state index contributed by atoms with van der Waals surface area (Å²) in [5, 5.41) is 0. The molecule has 0 bridgehead atoms. The van der Waals surface area contributed by atoms with Gasteiger partial charge in [-0.25, -0.2) is 13.1 Å². The first-order valence-electron chi connectivity index (χ1n) is 8.64. The second-order valence-electron chi connectivity index (χ2n) is 6.15. The van der Waals surface area contributed by atoms with Gasteiger partial charge in [-0.05, 0) is 37.6 Å². The Labute approximate surface area is 151 Å². The molecular formula is C21H25NO2S. The van der Waals surface area contributed by atoms with Crippen LogP contribution in [0, 0.1) is 18.8 Å². The normalized spacial score (nSPS) is 12.2. The van der Waals surface area contributed by atoms with E-state index in [0.717, 1.165) is 30.4 Å². The van der Waals surface area contributed by atoms with Crippen molar-refractivity contribution in [2.45, 2.75) is 50.5 Å². The average molecular weight is 356 g/mol. The van der Waals surface area contributed by atoms with E-state index in [0.29, 0.717) is 11.3 Å². The number of rotatable bonds is 7. The molecule has 0 aliphatic carbocycles. The van der Waals surface area contributed by atoms with Crippen molar-refractivity contribution in [1.29, 1.82) is 0 Å². The van der Waals surface area contributed by atoms with Crippen LogP contribution in [0.25, 0.3) is 0 Å². The maximum absolute atomic E-state index is 12.6.